The zero-order chi connectivity index (χ0) is 34.4. The van der Waals surface area contributed by atoms with Crippen molar-refractivity contribution < 1.29 is 38.5 Å². The van der Waals surface area contributed by atoms with Crippen LogP contribution in [0.2, 0.25) is 0 Å². The van der Waals surface area contributed by atoms with Gasteiger partial charge in [0.05, 0.1) is 37.3 Å². The number of aliphatic hydroxyl groups excluding tert-OH is 1. The van der Waals surface area contributed by atoms with Gasteiger partial charge < -0.3 is 34.4 Å². The first-order chi connectivity index (χ1) is 23.2. The van der Waals surface area contributed by atoms with Gasteiger partial charge in [-0.15, -0.1) is 0 Å². The Kier molecular flexibility index (Phi) is 11.8. The Morgan fingerprint density at radius 2 is 1.85 bits per heavy atom. The summed E-state index contributed by atoms with van der Waals surface area (Å²) in [7, 11) is 1.52. The fraction of sp³-hybridized carbons (Fsp3) is 0.622. The predicted octanol–water partition coefficient (Wildman–Crippen LogP) is 3.33. The fourth-order valence-electron chi connectivity index (χ4n) is 7.80. The number of amides is 3. The van der Waals surface area contributed by atoms with Gasteiger partial charge in [-0.2, -0.15) is 0 Å². The van der Waals surface area contributed by atoms with E-state index in [4.69, 9.17) is 14.2 Å². The molecule has 1 spiro atoms. The molecule has 1 aromatic carbocycles. The molecule has 0 saturated carbocycles. The Labute approximate surface area is 283 Å². The predicted molar refractivity (Wildman–Crippen MR) is 178 cm³/mol. The number of fused-ring (bicyclic) bond motifs is 2. The van der Waals surface area contributed by atoms with Crippen molar-refractivity contribution in [3.05, 3.63) is 60.2 Å². The Morgan fingerprint density at radius 3 is 2.54 bits per heavy atom. The van der Waals surface area contributed by atoms with Crippen LogP contribution >= 0.6 is 0 Å². The molecule has 0 aliphatic carbocycles. The highest BCUT2D eigenvalue weighted by Gasteiger charge is 2.72. The second-order valence-electron chi connectivity index (χ2n) is 13.5. The Morgan fingerprint density at radius 1 is 1.08 bits per heavy atom. The van der Waals surface area contributed by atoms with Gasteiger partial charge in [-0.25, -0.2) is 0 Å². The third kappa shape index (κ3) is 6.82. The van der Waals surface area contributed by atoms with E-state index in [1.165, 1.54) is 12.0 Å². The Hall–Kier alpha value is -3.54. The summed E-state index contributed by atoms with van der Waals surface area (Å²) in [6.07, 6.45) is 9.40. The number of hydrogen-bond donors (Lipinski definition) is 2. The topological polar surface area (TPSA) is 135 Å². The van der Waals surface area contributed by atoms with E-state index < -0.39 is 59.6 Å². The molecule has 2 N–H and O–H groups in total. The third-order valence-corrected chi connectivity index (χ3v) is 10.5. The van der Waals surface area contributed by atoms with Crippen molar-refractivity contribution in [2.45, 2.75) is 95.2 Å². The van der Waals surface area contributed by atoms with E-state index in [1.807, 2.05) is 56.3 Å². The zero-order valence-electron chi connectivity index (χ0n) is 28.6. The number of hydrogen-bond acceptors (Lipinski definition) is 8. The lowest BCUT2D eigenvalue weighted by molar-refractivity contribution is -0.163. The zero-order valence-corrected chi connectivity index (χ0v) is 28.6. The molecule has 4 aliphatic rings. The number of cyclic esters (lactones) is 1. The SMILES string of the molecule is CCCCCN1CC=C[C@]23O[C@@H]4/C=C\CCC(=O)N[C@H](COC)[C@@H](c5ccccc5)OC(=O)[C@@H]4[C@H]2C(=O)N([C@@H](CO)[C@@H](C)CC)[C@@H]3C1=O. The van der Waals surface area contributed by atoms with Crippen molar-refractivity contribution >= 4 is 23.7 Å². The molecule has 3 amide bonds. The average Bonchev–Trinajstić information content (AvgIpc) is 3.47. The minimum Gasteiger partial charge on any atom is -0.455 e. The standard InChI is InChI=1S/C37H51N3O8/c1-5-7-13-20-39-21-14-19-37-31(34(43)40(33(37)35(39)44)27(22-41)24(3)6-2)30-28(48-37)17-11-12-18-29(42)38-26(23-46-4)32(47-36(30)45)25-15-9-8-10-16-25/h8-11,14-17,19,24,26-28,30-33,41H,5-7,12-13,18,20-23H2,1-4H3,(H,38,42)/b17-11-/t24-,26+,27-,28+,30-,31-,32+,33+,37-/m0/s1. The highest BCUT2D eigenvalue weighted by atomic mass is 16.6. The van der Waals surface area contributed by atoms with Crippen LogP contribution in [0.3, 0.4) is 0 Å². The van der Waals surface area contributed by atoms with Crippen molar-refractivity contribution in [1.29, 1.82) is 0 Å². The first-order valence-electron chi connectivity index (χ1n) is 17.5. The van der Waals surface area contributed by atoms with E-state index in [-0.39, 0.29) is 37.4 Å². The number of nitrogens with one attached hydrogen (secondary N) is 1. The number of aliphatic hydroxyl groups is 1. The number of methoxy groups -OCH3 is 1. The molecule has 48 heavy (non-hydrogen) atoms. The van der Waals surface area contributed by atoms with Crippen LogP contribution in [0.25, 0.3) is 0 Å². The van der Waals surface area contributed by atoms with E-state index in [0.717, 1.165) is 19.3 Å². The van der Waals surface area contributed by atoms with Crippen LogP contribution in [-0.4, -0.2) is 102 Å². The van der Waals surface area contributed by atoms with Crippen LogP contribution in [0.5, 0.6) is 0 Å². The fourth-order valence-corrected chi connectivity index (χ4v) is 7.80. The molecule has 0 unspecified atom stereocenters. The Bertz CT molecular complexity index is 1370. The number of carbonyl (C=O) groups excluding carboxylic acids is 4. The molecular formula is C37H51N3O8. The minimum absolute atomic E-state index is 0.0827. The minimum atomic E-state index is -1.46. The van der Waals surface area contributed by atoms with Crippen LogP contribution in [0.15, 0.2) is 54.6 Å². The molecule has 5 rings (SSSR count). The maximum atomic E-state index is 14.9. The Balaban J connectivity index is 1.62. The number of nitrogens with zero attached hydrogens (tertiary/aromatic N) is 2. The molecular weight excluding hydrogens is 614 g/mol. The van der Waals surface area contributed by atoms with Crippen LogP contribution in [0.4, 0.5) is 0 Å². The summed E-state index contributed by atoms with van der Waals surface area (Å²) >= 11 is 0. The summed E-state index contributed by atoms with van der Waals surface area (Å²) in [4.78, 5) is 60.3. The number of rotatable bonds is 11. The first-order valence-corrected chi connectivity index (χ1v) is 17.5. The molecule has 262 valence electrons. The van der Waals surface area contributed by atoms with Crippen molar-refractivity contribution in [2.75, 3.05) is 33.4 Å². The van der Waals surface area contributed by atoms with E-state index in [1.54, 1.807) is 17.1 Å². The van der Waals surface area contributed by atoms with Gasteiger partial charge in [-0.1, -0.05) is 94.7 Å². The first kappa shape index (κ1) is 35.8. The lowest BCUT2D eigenvalue weighted by Crippen LogP contribution is -2.59. The van der Waals surface area contributed by atoms with Crippen LogP contribution in [-0.2, 0) is 33.4 Å². The smallest absolute Gasteiger partial charge is 0.313 e. The molecule has 1 aromatic rings. The van der Waals surface area contributed by atoms with Crippen LogP contribution in [0, 0.1) is 17.8 Å². The van der Waals surface area contributed by atoms with Crippen molar-refractivity contribution in [3.63, 3.8) is 0 Å². The van der Waals surface area contributed by atoms with Gasteiger partial charge in [0.25, 0.3) is 0 Å². The number of allylic oxidation sites excluding steroid dienone is 1. The van der Waals surface area contributed by atoms with E-state index in [2.05, 4.69) is 12.2 Å². The normalized spacial score (nSPS) is 32.6. The molecule has 11 heteroatoms. The quantitative estimate of drug-likeness (QED) is 0.209. The monoisotopic (exact) mass is 665 g/mol. The second-order valence-corrected chi connectivity index (χ2v) is 13.5. The van der Waals surface area contributed by atoms with E-state index >= 15 is 0 Å². The molecule has 0 bridgehead atoms. The summed E-state index contributed by atoms with van der Waals surface area (Å²) < 4.78 is 18.6. The summed E-state index contributed by atoms with van der Waals surface area (Å²) in [6.45, 7) is 6.67. The van der Waals surface area contributed by atoms with Crippen molar-refractivity contribution in [3.8, 4) is 0 Å². The maximum absolute atomic E-state index is 14.9. The summed E-state index contributed by atoms with van der Waals surface area (Å²) in [5.74, 6) is -3.83. The van der Waals surface area contributed by atoms with Gasteiger partial charge in [0.1, 0.15) is 23.7 Å². The highest BCUT2D eigenvalue weighted by Crippen LogP contribution is 2.54. The van der Waals surface area contributed by atoms with E-state index in [9.17, 15) is 24.3 Å². The van der Waals surface area contributed by atoms with E-state index in [0.29, 0.717) is 31.5 Å². The molecule has 4 heterocycles. The number of ether oxygens (including phenoxy) is 3. The van der Waals surface area contributed by atoms with Crippen molar-refractivity contribution in [2.24, 2.45) is 17.8 Å². The highest BCUT2D eigenvalue weighted by molar-refractivity contribution is 5.99. The number of unbranched alkanes of at least 4 members (excludes halogenated alkanes) is 2. The number of esters is 1. The van der Waals surface area contributed by atoms with Gasteiger partial charge >= 0.3 is 5.97 Å². The molecule has 2 fully saturated rings. The van der Waals surface area contributed by atoms with Crippen LogP contribution < -0.4 is 5.32 Å². The summed E-state index contributed by atoms with van der Waals surface area (Å²) in [6, 6.07) is 6.72. The second kappa shape index (κ2) is 15.8. The third-order valence-electron chi connectivity index (χ3n) is 10.5. The summed E-state index contributed by atoms with van der Waals surface area (Å²) in [5.41, 5.74) is -0.803. The number of likely N-dealkylation sites (tertiary alicyclic amines) is 1. The largest absolute Gasteiger partial charge is 0.455 e. The molecule has 0 aromatic heterocycles. The molecule has 0 radical (unpaired) electrons. The molecule has 9 atom stereocenters. The van der Waals surface area contributed by atoms with Gasteiger partial charge in [0.2, 0.25) is 17.7 Å². The molecule has 2 saturated heterocycles. The van der Waals surface area contributed by atoms with Crippen LogP contribution in [0.1, 0.15) is 71.0 Å². The van der Waals surface area contributed by atoms with Crippen molar-refractivity contribution in [1.82, 2.24) is 15.1 Å². The lowest BCUT2D eigenvalue weighted by atomic mass is 9.77. The van der Waals surface area contributed by atoms with Gasteiger partial charge in [-0.05, 0) is 24.3 Å². The average molecular weight is 666 g/mol. The van der Waals surface area contributed by atoms with Gasteiger partial charge in [-0.3, -0.25) is 19.2 Å². The maximum Gasteiger partial charge on any atom is 0.313 e. The number of carbonyl (C=O) groups is 4. The lowest BCUT2D eigenvalue weighted by Gasteiger charge is -2.40. The summed E-state index contributed by atoms with van der Waals surface area (Å²) in [5, 5.41) is 13.7. The number of benzene rings is 1. The molecule has 4 aliphatic heterocycles. The molecule has 11 nitrogen and oxygen atoms in total. The van der Waals surface area contributed by atoms with Gasteiger partial charge in [0.15, 0.2) is 0 Å². The van der Waals surface area contributed by atoms with Gasteiger partial charge in [0, 0.05) is 26.6 Å².